The van der Waals surface area contributed by atoms with E-state index in [0.29, 0.717) is 12.4 Å². The fraction of sp³-hybridized carbons (Fsp3) is 0.300. The lowest BCUT2D eigenvalue weighted by Crippen LogP contribution is -1.86. The molecule has 0 saturated heterocycles. The molecule has 1 rings (SSSR count). The summed E-state index contributed by atoms with van der Waals surface area (Å²) < 4.78 is 12.7. The van der Waals surface area contributed by atoms with Crippen LogP contribution >= 0.6 is 11.6 Å². The van der Waals surface area contributed by atoms with Crippen LogP contribution in [-0.2, 0) is 0 Å². The maximum Gasteiger partial charge on any atom is 0.123 e. The Hall–Kier alpha value is -0.890. The van der Waals surface area contributed by atoms with Crippen molar-refractivity contribution in [1.29, 1.82) is 0 Å². The highest BCUT2D eigenvalue weighted by Crippen LogP contribution is 2.00. The molecule has 0 aromatic heterocycles. The van der Waals surface area contributed by atoms with Crippen molar-refractivity contribution in [3.05, 3.63) is 35.6 Å². The summed E-state index contributed by atoms with van der Waals surface area (Å²) in [5, 5.41) is 0. The highest BCUT2D eigenvalue weighted by molar-refractivity contribution is 6.17. The Kier molecular flexibility index (Phi) is 4.47. The van der Waals surface area contributed by atoms with Gasteiger partial charge in [0.25, 0.3) is 0 Å². The van der Waals surface area contributed by atoms with Crippen LogP contribution in [0.4, 0.5) is 4.39 Å². The zero-order valence-electron chi connectivity index (χ0n) is 7.21. The first-order chi connectivity index (χ1) is 6.33. The fourth-order valence-corrected chi connectivity index (χ4v) is 1.03. The molecule has 0 bridgehead atoms. The summed E-state index contributed by atoms with van der Waals surface area (Å²) in [7, 11) is 0. The first-order valence-electron chi connectivity index (χ1n) is 4.14. The standard InChI is InChI=1S/C10H11ClFN/c11-5-2-6-13-8-9-3-1-4-10(12)7-9/h1,3-4,7-8H,2,5-6H2. The van der Waals surface area contributed by atoms with E-state index in [4.69, 9.17) is 11.6 Å². The summed E-state index contributed by atoms with van der Waals surface area (Å²) in [5.41, 5.74) is 0.787. The van der Waals surface area contributed by atoms with E-state index in [2.05, 4.69) is 4.99 Å². The lowest BCUT2D eigenvalue weighted by atomic mass is 10.2. The number of aliphatic imine (C=N–C) groups is 1. The third kappa shape index (κ3) is 4.04. The molecule has 0 fully saturated rings. The Labute approximate surface area is 82.3 Å². The molecule has 0 unspecified atom stereocenters. The van der Waals surface area contributed by atoms with Gasteiger partial charge in [0.05, 0.1) is 0 Å². The molecule has 0 radical (unpaired) electrons. The molecule has 13 heavy (non-hydrogen) atoms. The third-order valence-electron chi connectivity index (χ3n) is 1.51. The van der Waals surface area contributed by atoms with Gasteiger partial charge in [-0.3, -0.25) is 4.99 Å². The van der Waals surface area contributed by atoms with Crippen molar-refractivity contribution in [1.82, 2.24) is 0 Å². The van der Waals surface area contributed by atoms with Crippen molar-refractivity contribution in [2.75, 3.05) is 12.4 Å². The van der Waals surface area contributed by atoms with Crippen LogP contribution in [0, 0.1) is 5.82 Å². The number of nitrogens with zero attached hydrogens (tertiary/aromatic N) is 1. The lowest BCUT2D eigenvalue weighted by molar-refractivity contribution is 0.627. The van der Waals surface area contributed by atoms with Gasteiger partial charge in [0.15, 0.2) is 0 Å². The van der Waals surface area contributed by atoms with Crippen molar-refractivity contribution < 1.29 is 4.39 Å². The number of rotatable bonds is 4. The van der Waals surface area contributed by atoms with Crippen LogP contribution in [0.5, 0.6) is 0 Å². The number of halogens is 2. The monoisotopic (exact) mass is 199 g/mol. The Balaban J connectivity index is 2.48. The molecule has 3 heteroatoms. The Morgan fingerprint density at radius 3 is 3.00 bits per heavy atom. The van der Waals surface area contributed by atoms with Crippen LogP contribution in [0.3, 0.4) is 0 Å². The van der Waals surface area contributed by atoms with Crippen LogP contribution in [0.1, 0.15) is 12.0 Å². The fourth-order valence-electron chi connectivity index (χ4n) is 0.908. The summed E-state index contributed by atoms with van der Waals surface area (Å²) in [6.07, 6.45) is 2.52. The molecule has 1 nitrogen and oxygen atoms in total. The number of benzene rings is 1. The van der Waals surface area contributed by atoms with Crippen molar-refractivity contribution in [2.24, 2.45) is 4.99 Å². The van der Waals surface area contributed by atoms with Crippen molar-refractivity contribution in [2.45, 2.75) is 6.42 Å². The summed E-state index contributed by atoms with van der Waals surface area (Å²) in [4.78, 5) is 4.10. The van der Waals surface area contributed by atoms with Gasteiger partial charge in [-0.25, -0.2) is 4.39 Å². The molecule has 0 aliphatic rings. The van der Waals surface area contributed by atoms with E-state index in [1.165, 1.54) is 12.1 Å². The van der Waals surface area contributed by atoms with Crippen LogP contribution < -0.4 is 0 Å². The summed E-state index contributed by atoms with van der Waals surface area (Å²) in [6, 6.07) is 6.34. The van der Waals surface area contributed by atoms with Gasteiger partial charge < -0.3 is 0 Å². The van der Waals surface area contributed by atoms with Gasteiger partial charge in [-0.1, -0.05) is 12.1 Å². The number of hydrogen-bond donors (Lipinski definition) is 0. The molecule has 0 aliphatic heterocycles. The minimum atomic E-state index is -0.235. The first kappa shape index (κ1) is 10.2. The van der Waals surface area contributed by atoms with E-state index in [0.717, 1.165) is 12.0 Å². The predicted octanol–water partition coefficient (Wildman–Crippen LogP) is 2.87. The minimum absolute atomic E-state index is 0.235. The molecule has 70 valence electrons. The largest absolute Gasteiger partial charge is 0.293 e. The summed E-state index contributed by atoms with van der Waals surface area (Å²) in [5.74, 6) is 0.377. The molecular weight excluding hydrogens is 189 g/mol. The highest BCUT2D eigenvalue weighted by atomic mass is 35.5. The Morgan fingerprint density at radius 1 is 1.46 bits per heavy atom. The highest BCUT2D eigenvalue weighted by Gasteiger charge is 1.89. The zero-order valence-corrected chi connectivity index (χ0v) is 7.97. The normalized spacial score (nSPS) is 10.9. The van der Waals surface area contributed by atoms with E-state index in [1.54, 1.807) is 12.3 Å². The second-order valence-electron chi connectivity index (χ2n) is 2.63. The van der Waals surface area contributed by atoms with Gasteiger partial charge in [0.2, 0.25) is 0 Å². The Morgan fingerprint density at radius 2 is 2.31 bits per heavy atom. The molecule has 1 aromatic carbocycles. The molecule has 0 amide bonds. The molecule has 1 aromatic rings. The van der Waals surface area contributed by atoms with Crippen LogP contribution in [0.2, 0.25) is 0 Å². The number of alkyl halides is 1. The maximum absolute atomic E-state index is 12.7. The second-order valence-corrected chi connectivity index (χ2v) is 3.01. The van der Waals surface area contributed by atoms with Crippen molar-refractivity contribution >= 4 is 17.8 Å². The minimum Gasteiger partial charge on any atom is -0.293 e. The van der Waals surface area contributed by atoms with Crippen molar-refractivity contribution in [3.63, 3.8) is 0 Å². The van der Waals surface area contributed by atoms with Crippen molar-refractivity contribution in [3.8, 4) is 0 Å². The van der Waals surface area contributed by atoms with E-state index in [-0.39, 0.29) is 5.82 Å². The molecule has 0 atom stereocenters. The quantitative estimate of drug-likeness (QED) is 0.402. The van der Waals surface area contributed by atoms with Crippen LogP contribution in [0.15, 0.2) is 29.3 Å². The van der Waals surface area contributed by atoms with Gasteiger partial charge in [0.1, 0.15) is 5.82 Å². The van der Waals surface area contributed by atoms with E-state index >= 15 is 0 Å². The topological polar surface area (TPSA) is 12.4 Å². The zero-order chi connectivity index (χ0) is 9.52. The van der Waals surface area contributed by atoms with Gasteiger partial charge >= 0.3 is 0 Å². The average molecular weight is 200 g/mol. The molecular formula is C10H11ClFN. The lowest BCUT2D eigenvalue weighted by Gasteiger charge is -1.92. The van der Waals surface area contributed by atoms with Crippen LogP contribution in [0.25, 0.3) is 0 Å². The summed E-state index contributed by atoms with van der Waals surface area (Å²) in [6.45, 7) is 0.694. The van der Waals surface area contributed by atoms with E-state index in [9.17, 15) is 4.39 Å². The molecule has 0 spiro atoms. The smallest absolute Gasteiger partial charge is 0.123 e. The molecule has 0 aliphatic carbocycles. The molecule has 0 heterocycles. The average Bonchev–Trinajstić information content (AvgIpc) is 2.13. The van der Waals surface area contributed by atoms with E-state index in [1.807, 2.05) is 6.07 Å². The summed E-state index contributed by atoms with van der Waals surface area (Å²) >= 11 is 5.47. The first-order valence-corrected chi connectivity index (χ1v) is 4.68. The van der Waals surface area contributed by atoms with E-state index < -0.39 is 0 Å². The Bertz CT molecular complexity index is 286. The maximum atomic E-state index is 12.7. The molecule has 0 N–H and O–H groups in total. The van der Waals surface area contributed by atoms with Gasteiger partial charge in [-0.2, -0.15) is 0 Å². The van der Waals surface area contributed by atoms with Gasteiger partial charge in [-0.15, -0.1) is 11.6 Å². The second kappa shape index (κ2) is 5.70. The van der Waals surface area contributed by atoms with Gasteiger partial charge in [-0.05, 0) is 24.1 Å². The SMILES string of the molecule is Fc1cccc(C=NCCCCl)c1. The number of hydrogen-bond acceptors (Lipinski definition) is 1. The predicted molar refractivity (Wildman–Crippen MR) is 54.2 cm³/mol. The van der Waals surface area contributed by atoms with Gasteiger partial charge in [0, 0.05) is 18.6 Å². The molecule has 0 saturated carbocycles. The van der Waals surface area contributed by atoms with Crippen LogP contribution in [-0.4, -0.2) is 18.6 Å². The third-order valence-corrected chi connectivity index (χ3v) is 1.78.